The van der Waals surface area contributed by atoms with E-state index in [1.807, 2.05) is 0 Å². The van der Waals surface area contributed by atoms with Crippen LogP contribution in [-0.2, 0) is 19.5 Å². The van der Waals surface area contributed by atoms with Gasteiger partial charge in [0, 0.05) is 18.5 Å². The van der Waals surface area contributed by atoms with Crippen molar-refractivity contribution in [2.24, 2.45) is 0 Å². The maximum absolute atomic E-state index is 12.7. The molecule has 1 amide bonds. The van der Waals surface area contributed by atoms with Crippen LogP contribution in [0.15, 0.2) is 41.8 Å². The van der Waals surface area contributed by atoms with E-state index in [-0.39, 0.29) is 29.0 Å². The fourth-order valence-electron chi connectivity index (χ4n) is 3.41. The summed E-state index contributed by atoms with van der Waals surface area (Å²) in [6, 6.07) is 5.72. The molecular weight excluding hydrogens is 356 g/mol. The Morgan fingerprint density at radius 1 is 1.31 bits per heavy atom. The number of carbonyl (C=O) groups excluding carboxylic acids is 1. The summed E-state index contributed by atoms with van der Waals surface area (Å²) < 4.78 is 38.5. The number of sulfonamides is 1. The second-order valence-electron chi connectivity index (χ2n) is 6.45. The summed E-state index contributed by atoms with van der Waals surface area (Å²) in [5.41, 5.74) is 0.283. The van der Waals surface area contributed by atoms with Crippen molar-refractivity contribution in [3.63, 3.8) is 0 Å². The van der Waals surface area contributed by atoms with E-state index in [4.69, 9.17) is 9.47 Å². The van der Waals surface area contributed by atoms with Gasteiger partial charge in [0.25, 0.3) is 5.91 Å². The van der Waals surface area contributed by atoms with Crippen LogP contribution in [0.3, 0.4) is 0 Å². The van der Waals surface area contributed by atoms with E-state index in [1.165, 1.54) is 18.2 Å². The van der Waals surface area contributed by atoms with Gasteiger partial charge in [-0.15, -0.1) is 6.58 Å². The second-order valence-corrected chi connectivity index (χ2v) is 8.22. The number of nitrogens with one attached hydrogen (secondary N) is 2. The van der Waals surface area contributed by atoms with Gasteiger partial charge in [0.1, 0.15) is 0 Å². The summed E-state index contributed by atoms with van der Waals surface area (Å²) in [7, 11) is -3.68. The molecule has 8 heteroatoms. The van der Waals surface area contributed by atoms with E-state index in [1.54, 1.807) is 12.1 Å². The van der Waals surface area contributed by atoms with E-state index in [0.29, 0.717) is 13.2 Å². The first-order chi connectivity index (χ1) is 12.5. The molecule has 1 saturated heterocycles. The Bertz CT molecular complexity index is 772. The molecule has 1 aliphatic carbocycles. The molecule has 1 aliphatic heterocycles. The third kappa shape index (κ3) is 3.98. The van der Waals surface area contributed by atoms with Crippen molar-refractivity contribution in [2.45, 2.75) is 42.4 Å². The van der Waals surface area contributed by atoms with Gasteiger partial charge in [-0.25, -0.2) is 13.1 Å². The number of amides is 1. The molecule has 1 atom stereocenters. The average molecular weight is 380 g/mol. The predicted octanol–water partition coefficient (Wildman–Crippen LogP) is 1.57. The molecule has 0 aromatic heterocycles. The lowest BCUT2D eigenvalue weighted by molar-refractivity contribution is -0.192. The summed E-state index contributed by atoms with van der Waals surface area (Å²) >= 11 is 0. The molecule has 7 nitrogen and oxygen atoms in total. The average Bonchev–Trinajstić information content (AvgIpc) is 3.11. The SMILES string of the molecule is C=CCNS(=O)(=O)c1cccc(C(=O)N[C@H]2CCCCC23OCCO3)c1. The lowest BCUT2D eigenvalue weighted by atomic mass is 9.88. The van der Waals surface area contributed by atoms with Crippen molar-refractivity contribution in [2.75, 3.05) is 19.8 Å². The molecule has 2 N–H and O–H groups in total. The largest absolute Gasteiger partial charge is 0.346 e. The van der Waals surface area contributed by atoms with Crippen molar-refractivity contribution in [1.82, 2.24) is 10.0 Å². The molecule has 2 aliphatic rings. The van der Waals surface area contributed by atoms with Crippen LogP contribution < -0.4 is 10.0 Å². The smallest absolute Gasteiger partial charge is 0.251 e. The van der Waals surface area contributed by atoms with Gasteiger partial charge < -0.3 is 14.8 Å². The molecule has 142 valence electrons. The van der Waals surface area contributed by atoms with Crippen molar-refractivity contribution >= 4 is 15.9 Å². The van der Waals surface area contributed by atoms with E-state index < -0.39 is 15.8 Å². The number of hydrogen-bond donors (Lipinski definition) is 2. The van der Waals surface area contributed by atoms with Crippen LogP contribution in [0, 0.1) is 0 Å². The van der Waals surface area contributed by atoms with E-state index in [9.17, 15) is 13.2 Å². The molecule has 0 bridgehead atoms. The first-order valence-electron chi connectivity index (χ1n) is 8.76. The van der Waals surface area contributed by atoms with Crippen LogP contribution in [-0.4, -0.2) is 45.9 Å². The highest BCUT2D eigenvalue weighted by Gasteiger charge is 2.46. The number of benzene rings is 1. The summed E-state index contributed by atoms with van der Waals surface area (Å²) in [5.74, 6) is -1.08. The Labute approximate surface area is 153 Å². The van der Waals surface area contributed by atoms with E-state index >= 15 is 0 Å². The Morgan fingerprint density at radius 2 is 2.08 bits per heavy atom. The van der Waals surface area contributed by atoms with Gasteiger partial charge in [-0.1, -0.05) is 18.6 Å². The van der Waals surface area contributed by atoms with Crippen molar-refractivity contribution in [1.29, 1.82) is 0 Å². The topological polar surface area (TPSA) is 93.7 Å². The van der Waals surface area contributed by atoms with E-state index in [2.05, 4.69) is 16.6 Å². The molecule has 0 unspecified atom stereocenters. The van der Waals surface area contributed by atoms with Gasteiger partial charge in [-0.2, -0.15) is 0 Å². The Balaban J connectivity index is 1.75. The molecular formula is C18H24N2O5S. The van der Waals surface area contributed by atoms with E-state index in [0.717, 1.165) is 25.7 Å². The van der Waals surface area contributed by atoms with Gasteiger partial charge in [-0.3, -0.25) is 4.79 Å². The maximum atomic E-state index is 12.7. The normalized spacial score (nSPS) is 22.2. The quantitative estimate of drug-likeness (QED) is 0.731. The van der Waals surface area contributed by atoms with Gasteiger partial charge in [-0.05, 0) is 31.0 Å². The minimum atomic E-state index is -3.68. The summed E-state index contributed by atoms with van der Waals surface area (Å²) in [4.78, 5) is 12.7. The minimum absolute atomic E-state index is 0.0405. The van der Waals surface area contributed by atoms with Crippen LogP contribution in [0.2, 0.25) is 0 Å². The molecule has 1 aromatic carbocycles. The van der Waals surface area contributed by atoms with Crippen LogP contribution in [0.5, 0.6) is 0 Å². The van der Waals surface area contributed by atoms with Gasteiger partial charge >= 0.3 is 0 Å². The highest BCUT2D eigenvalue weighted by Crippen LogP contribution is 2.36. The van der Waals surface area contributed by atoms with Crippen molar-refractivity contribution in [3.05, 3.63) is 42.5 Å². The lowest BCUT2D eigenvalue weighted by Crippen LogP contribution is -2.55. The maximum Gasteiger partial charge on any atom is 0.251 e. The summed E-state index contributed by atoms with van der Waals surface area (Å²) in [6.07, 6.45) is 4.95. The van der Waals surface area contributed by atoms with Crippen LogP contribution in [0.1, 0.15) is 36.0 Å². The number of carbonyl (C=O) groups is 1. The molecule has 2 fully saturated rings. The third-order valence-electron chi connectivity index (χ3n) is 4.70. The third-order valence-corrected chi connectivity index (χ3v) is 6.13. The van der Waals surface area contributed by atoms with Crippen LogP contribution >= 0.6 is 0 Å². The zero-order valence-electron chi connectivity index (χ0n) is 14.6. The Kier molecular flexibility index (Phi) is 5.76. The summed E-state index contributed by atoms with van der Waals surface area (Å²) in [6.45, 7) is 4.66. The number of ether oxygens (including phenoxy) is 2. The second kappa shape index (κ2) is 7.87. The number of hydrogen-bond acceptors (Lipinski definition) is 5. The van der Waals surface area contributed by atoms with Gasteiger partial charge in [0.05, 0.1) is 24.2 Å². The fraction of sp³-hybridized carbons (Fsp3) is 0.500. The predicted molar refractivity (Wildman–Crippen MR) is 96.2 cm³/mol. The van der Waals surface area contributed by atoms with Crippen molar-refractivity contribution < 1.29 is 22.7 Å². The van der Waals surface area contributed by atoms with Crippen LogP contribution in [0.4, 0.5) is 0 Å². The molecule has 3 rings (SSSR count). The van der Waals surface area contributed by atoms with Gasteiger partial charge in [0.15, 0.2) is 5.79 Å². The molecule has 1 spiro atoms. The molecule has 0 radical (unpaired) electrons. The van der Waals surface area contributed by atoms with Gasteiger partial charge in [0.2, 0.25) is 10.0 Å². The fourth-order valence-corrected chi connectivity index (χ4v) is 4.45. The minimum Gasteiger partial charge on any atom is -0.346 e. The standard InChI is InChI=1S/C18H24N2O5S/c1-2-10-19-26(22,23)15-7-5-6-14(13-15)17(21)20-16-8-3-4-9-18(16)24-11-12-25-18/h2,5-7,13,16,19H,1,3-4,8-12H2,(H,20,21)/t16-/m0/s1. The Morgan fingerprint density at radius 3 is 2.81 bits per heavy atom. The first kappa shape index (κ1) is 19.0. The zero-order chi connectivity index (χ0) is 18.6. The molecule has 1 aromatic rings. The first-order valence-corrected chi connectivity index (χ1v) is 10.2. The monoisotopic (exact) mass is 380 g/mol. The molecule has 26 heavy (non-hydrogen) atoms. The Hall–Kier alpha value is -1.74. The summed E-state index contributed by atoms with van der Waals surface area (Å²) in [5, 5.41) is 2.97. The highest BCUT2D eigenvalue weighted by molar-refractivity contribution is 7.89. The molecule has 1 saturated carbocycles. The molecule has 1 heterocycles. The van der Waals surface area contributed by atoms with Crippen molar-refractivity contribution in [3.8, 4) is 0 Å². The number of rotatable bonds is 6. The zero-order valence-corrected chi connectivity index (χ0v) is 15.4. The van der Waals surface area contributed by atoms with Crippen LogP contribution in [0.25, 0.3) is 0 Å². The lowest BCUT2D eigenvalue weighted by Gasteiger charge is -2.39. The highest BCUT2D eigenvalue weighted by atomic mass is 32.2.